The molecule has 2 aliphatic carbocycles. The minimum Gasteiger partial charge on any atom is -0.332 e. The second kappa shape index (κ2) is 8.08. The van der Waals surface area contributed by atoms with Gasteiger partial charge in [0.05, 0.1) is 27.5 Å². The number of nitrogens with zero attached hydrogens (tertiary/aromatic N) is 2. The van der Waals surface area contributed by atoms with Crippen LogP contribution >= 0.6 is 11.3 Å². The number of rotatable bonds is 2. The molecule has 0 bridgehead atoms. The van der Waals surface area contributed by atoms with Gasteiger partial charge in [-0.3, -0.25) is 0 Å². The van der Waals surface area contributed by atoms with E-state index >= 15 is 0 Å². The summed E-state index contributed by atoms with van der Waals surface area (Å²) in [4.78, 5) is 1.48. The van der Waals surface area contributed by atoms with Crippen molar-refractivity contribution in [2.45, 2.75) is 25.3 Å². The lowest BCUT2D eigenvalue weighted by molar-refractivity contribution is 0.612. The van der Waals surface area contributed by atoms with Crippen molar-refractivity contribution in [1.29, 1.82) is 0 Å². The summed E-state index contributed by atoms with van der Waals surface area (Å²) in [6, 6.07) is 33.8. The number of thiophene rings is 1. The van der Waals surface area contributed by atoms with Crippen molar-refractivity contribution in [3.8, 4) is 5.69 Å². The van der Waals surface area contributed by atoms with Gasteiger partial charge in [-0.1, -0.05) is 85.0 Å². The maximum absolute atomic E-state index is 2.64. The van der Waals surface area contributed by atoms with Crippen LogP contribution in [0.4, 0.5) is 0 Å². The molecular weight excluding hydrogens is 492 g/mol. The quantitative estimate of drug-likeness (QED) is 0.215. The number of aryl methyl sites for hydroxylation is 1. The van der Waals surface area contributed by atoms with Crippen molar-refractivity contribution in [3.05, 3.63) is 125 Å². The lowest BCUT2D eigenvalue weighted by Gasteiger charge is -2.24. The average molecular weight is 519 g/mol. The Morgan fingerprint density at radius 3 is 2.13 bits per heavy atom. The lowest BCUT2D eigenvalue weighted by atomic mass is 9.97. The Hall–Kier alpha value is -4.34. The molecule has 3 heteroatoms. The van der Waals surface area contributed by atoms with E-state index in [1.165, 1.54) is 70.2 Å². The molecule has 39 heavy (non-hydrogen) atoms. The van der Waals surface area contributed by atoms with Crippen LogP contribution in [0.15, 0.2) is 103 Å². The van der Waals surface area contributed by atoms with Crippen LogP contribution in [0.25, 0.3) is 60.6 Å². The third-order valence-electron chi connectivity index (χ3n) is 8.74. The van der Waals surface area contributed by atoms with E-state index in [1.54, 1.807) is 0 Å². The van der Waals surface area contributed by atoms with E-state index in [9.17, 15) is 0 Å². The molecule has 1 atom stereocenters. The number of hydrogen-bond acceptors (Lipinski definition) is 1. The molecule has 7 aromatic rings. The molecule has 0 saturated carbocycles. The number of aromatic nitrogens is 2. The van der Waals surface area contributed by atoms with Crippen molar-refractivity contribution >= 4 is 66.3 Å². The SMILES string of the molecule is C1=Cc2c(c3ccccc3n2C2CC=Cc3c2sc2c(-n4c5ccccc5c5ccccc54)cccc32)CC1. The van der Waals surface area contributed by atoms with Gasteiger partial charge in [0.2, 0.25) is 0 Å². The van der Waals surface area contributed by atoms with Crippen LogP contribution in [-0.2, 0) is 6.42 Å². The van der Waals surface area contributed by atoms with E-state index < -0.39 is 0 Å². The molecule has 1 unspecified atom stereocenters. The zero-order valence-electron chi connectivity index (χ0n) is 21.5. The third-order valence-corrected chi connectivity index (χ3v) is 10.1. The molecule has 0 saturated heterocycles. The van der Waals surface area contributed by atoms with Gasteiger partial charge in [-0.2, -0.15) is 0 Å². The van der Waals surface area contributed by atoms with E-state index in [2.05, 4.69) is 124 Å². The molecule has 0 radical (unpaired) electrons. The lowest BCUT2D eigenvalue weighted by Crippen LogP contribution is -2.14. The van der Waals surface area contributed by atoms with Gasteiger partial charge in [0.1, 0.15) is 0 Å². The molecule has 2 nitrogen and oxygen atoms in total. The maximum atomic E-state index is 2.64. The summed E-state index contributed by atoms with van der Waals surface area (Å²) in [6.07, 6.45) is 12.7. The molecule has 0 fully saturated rings. The number of hydrogen-bond donors (Lipinski definition) is 0. The van der Waals surface area contributed by atoms with Crippen LogP contribution < -0.4 is 0 Å². The minimum absolute atomic E-state index is 0.296. The Morgan fingerprint density at radius 2 is 1.33 bits per heavy atom. The summed E-state index contributed by atoms with van der Waals surface area (Å²) in [5.41, 5.74) is 9.46. The molecule has 0 spiro atoms. The highest BCUT2D eigenvalue weighted by Crippen LogP contribution is 2.47. The van der Waals surface area contributed by atoms with Gasteiger partial charge in [-0.15, -0.1) is 11.3 Å². The molecule has 0 aliphatic heterocycles. The first-order chi connectivity index (χ1) is 19.4. The second-order valence-corrected chi connectivity index (χ2v) is 11.8. The van der Waals surface area contributed by atoms with Crippen LogP contribution in [0.5, 0.6) is 0 Å². The topological polar surface area (TPSA) is 9.86 Å². The Balaban J connectivity index is 1.33. The third kappa shape index (κ3) is 2.91. The fourth-order valence-electron chi connectivity index (χ4n) is 7.12. The molecule has 4 aromatic carbocycles. The Labute approximate surface area is 230 Å². The first-order valence-electron chi connectivity index (χ1n) is 13.9. The fourth-order valence-corrected chi connectivity index (χ4v) is 8.52. The standard InChI is InChI=1S/C36H26N2S/c1-5-17-29-23(11-1)24-12-2-6-18-30(24)37(29)33-21-9-15-27-28-16-10-22-34(36(28)39-35(27)33)38-31-19-7-3-13-25(31)26-14-4-8-20-32(26)38/h1-3,5-13,15-21,34H,4,14,22H2. The van der Waals surface area contributed by atoms with Gasteiger partial charge < -0.3 is 9.13 Å². The van der Waals surface area contributed by atoms with E-state index in [1.807, 2.05) is 11.3 Å². The van der Waals surface area contributed by atoms with Gasteiger partial charge in [0.15, 0.2) is 0 Å². The van der Waals surface area contributed by atoms with Crippen LogP contribution in [0.3, 0.4) is 0 Å². The number of allylic oxidation sites excluding steroid dienone is 2. The largest absolute Gasteiger partial charge is 0.332 e. The summed E-state index contributed by atoms with van der Waals surface area (Å²) in [5.74, 6) is 0. The van der Waals surface area contributed by atoms with E-state index in [0.717, 1.165) is 19.3 Å². The molecule has 3 heterocycles. The highest BCUT2D eigenvalue weighted by molar-refractivity contribution is 7.20. The van der Waals surface area contributed by atoms with Gasteiger partial charge in [0, 0.05) is 37.6 Å². The maximum Gasteiger partial charge on any atom is 0.0725 e. The Kier molecular flexibility index (Phi) is 4.47. The second-order valence-electron chi connectivity index (χ2n) is 10.7. The Morgan fingerprint density at radius 1 is 0.641 bits per heavy atom. The summed E-state index contributed by atoms with van der Waals surface area (Å²) >= 11 is 1.99. The number of fused-ring (bicyclic) bond motifs is 9. The summed E-state index contributed by atoms with van der Waals surface area (Å²) in [7, 11) is 0. The van der Waals surface area contributed by atoms with Crippen molar-refractivity contribution < 1.29 is 0 Å². The summed E-state index contributed by atoms with van der Waals surface area (Å²) < 4.78 is 6.48. The van der Waals surface area contributed by atoms with Gasteiger partial charge in [-0.05, 0) is 60.7 Å². The molecule has 186 valence electrons. The van der Waals surface area contributed by atoms with E-state index in [4.69, 9.17) is 0 Å². The fraction of sp³-hybridized carbons (Fsp3) is 0.111. The molecule has 2 aliphatic rings. The minimum atomic E-state index is 0.296. The van der Waals surface area contributed by atoms with Crippen LogP contribution in [0, 0.1) is 0 Å². The first-order valence-corrected chi connectivity index (χ1v) is 14.7. The summed E-state index contributed by atoms with van der Waals surface area (Å²) in [5, 5.41) is 5.39. The van der Waals surface area contributed by atoms with Crippen molar-refractivity contribution in [2.24, 2.45) is 0 Å². The molecule has 3 aromatic heterocycles. The molecule has 0 N–H and O–H groups in total. The van der Waals surface area contributed by atoms with Gasteiger partial charge in [0.25, 0.3) is 0 Å². The van der Waals surface area contributed by atoms with E-state index in [0.29, 0.717) is 6.04 Å². The predicted molar refractivity (Wildman–Crippen MR) is 167 cm³/mol. The zero-order valence-corrected chi connectivity index (χ0v) is 22.3. The van der Waals surface area contributed by atoms with E-state index in [-0.39, 0.29) is 0 Å². The first kappa shape index (κ1) is 21.6. The number of benzene rings is 4. The monoisotopic (exact) mass is 518 g/mol. The van der Waals surface area contributed by atoms with Crippen LogP contribution in [0.2, 0.25) is 0 Å². The molecular formula is C36H26N2S. The normalized spacial score (nSPS) is 16.5. The highest BCUT2D eigenvalue weighted by Gasteiger charge is 2.29. The van der Waals surface area contributed by atoms with Crippen LogP contribution in [0.1, 0.15) is 40.6 Å². The van der Waals surface area contributed by atoms with Gasteiger partial charge >= 0.3 is 0 Å². The van der Waals surface area contributed by atoms with Crippen LogP contribution in [-0.4, -0.2) is 9.13 Å². The average Bonchev–Trinajstić information content (AvgIpc) is 3.65. The highest BCUT2D eigenvalue weighted by atomic mass is 32.1. The molecule has 0 amide bonds. The van der Waals surface area contributed by atoms with Gasteiger partial charge in [-0.25, -0.2) is 0 Å². The van der Waals surface area contributed by atoms with Crippen molar-refractivity contribution in [1.82, 2.24) is 9.13 Å². The van der Waals surface area contributed by atoms with Crippen molar-refractivity contribution in [2.75, 3.05) is 0 Å². The van der Waals surface area contributed by atoms with Crippen molar-refractivity contribution in [3.63, 3.8) is 0 Å². The zero-order chi connectivity index (χ0) is 25.5. The smallest absolute Gasteiger partial charge is 0.0725 e. The Bertz CT molecular complexity index is 2110. The molecule has 9 rings (SSSR count). The summed E-state index contributed by atoms with van der Waals surface area (Å²) in [6.45, 7) is 0. The predicted octanol–water partition coefficient (Wildman–Crippen LogP) is 9.92. The number of para-hydroxylation sites is 3.